The van der Waals surface area contributed by atoms with E-state index in [-0.39, 0.29) is 5.75 Å². The van der Waals surface area contributed by atoms with Crippen LogP contribution in [0.1, 0.15) is 0 Å². The van der Waals surface area contributed by atoms with Crippen LogP contribution in [0.2, 0.25) is 0 Å². The van der Waals surface area contributed by atoms with Gasteiger partial charge in [0, 0.05) is 21.9 Å². The number of pyridine rings is 1. The normalized spacial score (nSPS) is 10.9. The summed E-state index contributed by atoms with van der Waals surface area (Å²) in [6.07, 6.45) is 1.95. The van der Waals surface area contributed by atoms with E-state index in [0.717, 1.165) is 21.6 Å². The van der Waals surface area contributed by atoms with Crippen LogP contribution in [-0.4, -0.2) is 14.5 Å². The van der Waals surface area contributed by atoms with Crippen molar-refractivity contribution in [2.24, 2.45) is 0 Å². The number of hydrogen-bond donors (Lipinski definition) is 2. The van der Waals surface area contributed by atoms with Crippen LogP contribution >= 0.6 is 15.9 Å². The number of nitrogens with one attached hydrogen (secondary N) is 1. The van der Waals surface area contributed by atoms with Crippen molar-refractivity contribution < 1.29 is 5.11 Å². The van der Waals surface area contributed by atoms with E-state index in [2.05, 4.69) is 26.2 Å². The maximum absolute atomic E-state index is 10.2. The fourth-order valence-electron chi connectivity index (χ4n) is 2.65. The Kier molecular flexibility index (Phi) is 3.70. The van der Waals surface area contributed by atoms with E-state index in [4.69, 9.17) is 0 Å². The highest BCUT2D eigenvalue weighted by molar-refractivity contribution is 9.10. The zero-order valence-corrected chi connectivity index (χ0v) is 14.2. The summed E-state index contributed by atoms with van der Waals surface area (Å²) in [6.45, 7) is 0. The van der Waals surface area contributed by atoms with Gasteiger partial charge in [-0.3, -0.25) is 4.40 Å². The molecule has 4 nitrogen and oxygen atoms in total. The summed E-state index contributed by atoms with van der Waals surface area (Å²) in [4.78, 5) is 4.69. The minimum Gasteiger partial charge on any atom is -0.507 e. The van der Waals surface area contributed by atoms with E-state index in [0.29, 0.717) is 11.3 Å². The molecule has 118 valence electrons. The number of nitrogens with zero attached hydrogens (tertiary/aromatic N) is 2. The quantitative estimate of drug-likeness (QED) is 0.513. The molecule has 0 bridgehead atoms. The van der Waals surface area contributed by atoms with Gasteiger partial charge < -0.3 is 10.4 Å². The van der Waals surface area contributed by atoms with Gasteiger partial charge in [0.2, 0.25) is 0 Å². The van der Waals surface area contributed by atoms with Crippen LogP contribution in [0.3, 0.4) is 0 Å². The van der Waals surface area contributed by atoms with Crippen LogP contribution in [0.4, 0.5) is 11.5 Å². The van der Waals surface area contributed by atoms with E-state index in [1.807, 2.05) is 65.2 Å². The molecule has 0 amide bonds. The minimum atomic E-state index is 0.208. The molecule has 0 unspecified atom stereocenters. The predicted octanol–water partition coefficient (Wildman–Crippen LogP) is 5.21. The summed E-state index contributed by atoms with van der Waals surface area (Å²) in [7, 11) is 0. The fraction of sp³-hybridized carbons (Fsp3) is 0. The first-order chi connectivity index (χ1) is 11.7. The van der Waals surface area contributed by atoms with Crippen molar-refractivity contribution in [3.8, 4) is 17.0 Å². The molecule has 4 rings (SSSR count). The van der Waals surface area contributed by atoms with Crippen molar-refractivity contribution in [3.63, 3.8) is 0 Å². The number of rotatable bonds is 3. The summed E-state index contributed by atoms with van der Waals surface area (Å²) in [5.41, 5.74) is 3.17. The Bertz CT molecular complexity index is 1010. The van der Waals surface area contributed by atoms with Crippen molar-refractivity contribution in [2.75, 3.05) is 5.32 Å². The predicted molar refractivity (Wildman–Crippen MR) is 99.7 cm³/mol. The van der Waals surface area contributed by atoms with Crippen molar-refractivity contribution in [1.82, 2.24) is 9.38 Å². The standard InChI is InChI=1S/C19H14BrN3O/c20-13-8-10-14(11-9-13)21-19-18(15-5-1-2-6-16(15)24)22-17-7-3-4-12-23(17)19/h1-12,21,24H. The number of fused-ring (bicyclic) bond motifs is 1. The number of imidazole rings is 1. The smallest absolute Gasteiger partial charge is 0.143 e. The van der Waals surface area contributed by atoms with Crippen LogP contribution in [0.5, 0.6) is 5.75 Å². The van der Waals surface area contributed by atoms with Gasteiger partial charge in [0.1, 0.15) is 22.9 Å². The molecule has 5 heteroatoms. The molecule has 0 aliphatic rings. The first-order valence-corrected chi connectivity index (χ1v) is 8.30. The first kappa shape index (κ1) is 14.8. The average molecular weight is 380 g/mol. The number of aromatic nitrogens is 2. The summed E-state index contributed by atoms with van der Waals surface area (Å²) >= 11 is 3.45. The third-order valence-electron chi connectivity index (χ3n) is 3.80. The van der Waals surface area contributed by atoms with E-state index in [1.165, 1.54) is 0 Å². The topological polar surface area (TPSA) is 49.6 Å². The summed E-state index contributed by atoms with van der Waals surface area (Å²) in [6, 6.07) is 21.0. The third-order valence-corrected chi connectivity index (χ3v) is 4.32. The van der Waals surface area contributed by atoms with Crippen LogP contribution in [0, 0.1) is 0 Å². The van der Waals surface area contributed by atoms with Crippen LogP contribution in [0.25, 0.3) is 16.9 Å². The molecule has 2 N–H and O–H groups in total. The van der Waals surface area contributed by atoms with Gasteiger partial charge in [-0.05, 0) is 48.5 Å². The Hall–Kier alpha value is -2.79. The Morgan fingerprint density at radius 2 is 1.67 bits per heavy atom. The molecule has 0 radical (unpaired) electrons. The second kappa shape index (κ2) is 6.02. The molecule has 0 aliphatic carbocycles. The molecular formula is C19H14BrN3O. The lowest BCUT2D eigenvalue weighted by atomic mass is 10.1. The summed E-state index contributed by atoms with van der Waals surface area (Å²) in [5, 5.41) is 13.6. The highest BCUT2D eigenvalue weighted by Gasteiger charge is 2.16. The van der Waals surface area contributed by atoms with E-state index in [1.54, 1.807) is 12.1 Å². The summed E-state index contributed by atoms with van der Waals surface area (Å²) < 4.78 is 3.00. The lowest BCUT2D eigenvalue weighted by molar-refractivity contribution is 0.477. The molecule has 24 heavy (non-hydrogen) atoms. The number of anilines is 2. The Morgan fingerprint density at radius 3 is 2.46 bits per heavy atom. The van der Waals surface area contributed by atoms with Gasteiger partial charge in [0.25, 0.3) is 0 Å². The van der Waals surface area contributed by atoms with Crippen molar-refractivity contribution >= 4 is 33.1 Å². The van der Waals surface area contributed by atoms with Crippen molar-refractivity contribution in [2.45, 2.75) is 0 Å². The largest absolute Gasteiger partial charge is 0.507 e. The molecule has 0 aliphatic heterocycles. The van der Waals surface area contributed by atoms with Gasteiger partial charge in [-0.1, -0.05) is 34.1 Å². The number of halogens is 1. The molecule has 0 spiro atoms. The molecule has 0 saturated heterocycles. The molecule has 2 aromatic carbocycles. The number of phenols is 1. The monoisotopic (exact) mass is 379 g/mol. The minimum absolute atomic E-state index is 0.208. The second-order valence-corrected chi connectivity index (χ2v) is 6.30. The third kappa shape index (κ3) is 2.63. The molecule has 0 saturated carbocycles. The van der Waals surface area contributed by atoms with Gasteiger partial charge >= 0.3 is 0 Å². The highest BCUT2D eigenvalue weighted by Crippen LogP contribution is 2.35. The molecule has 0 atom stereocenters. The van der Waals surface area contributed by atoms with Crippen LogP contribution in [0.15, 0.2) is 77.4 Å². The average Bonchev–Trinajstić information content (AvgIpc) is 2.96. The summed E-state index contributed by atoms with van der Waals surface area (Å²) in [5.74, 6) is 1.02. The van der Waals surface area contributed by atoms with Gasteiger partial charge in [-0.2, -0.15) is 0 Å². The number of para-hydroxylation sites is 1. The van der Waals surface area contributed by atoms with Gasteiger partial charge in [-0.15, -0.1) is 0 Å². The zero-order valence-electron chi connectivity index (χ0n) is 12.6. The van der Waals surface area contributed by atoms with Gasteiger partial charge in [-0.25, -0.2) is 4.98 Å². The second-order valence-electron chi connectivity index (χ2n) is 5.39. The van der Waals surface area contributed by atoms with Crippen LogP contribution < -0.4 is 5.32 Å². The lowest BCUT2D eigenvalue weighted by Crippen LogP contribution is -1.96. The molecule has 2 heterocycles. The Balaban J connectivity index is 1.90. The Labute approximate surface area is 147 Å². The van der Waals surface area contributed by atoms with Crippen molar-refractivity contribution in [3.05, 3.63) is 77.4 Å². The van der Waals surface area contributed by atoms with E-state index < -0.39 is 0 Å². The van der Waals surface area contributed by atoms with E-state index >= 15 is 0 Å². The fourth-order valence-corrected chi connectivity index (χ4v) is 2.91. The maximum atomic E-state index is 10.2. The molecule has 2 aromatic heterocycles. The number of hydrogen-bond acceptors (Lipinski definition) is 3. The van der Waals surface area contributed by atoms with Gasteiger partial charge in [0.15, 0.2) is 0 Å². The lowest BCUT2D eigenvalue weighted by Gasteiger charge is -2.10. The first-order valence-electron chi connectivity index (χ1n) is 7.50. The van der Waals surface area contributed by atoms with Crippen molar-refractivity contribution in [1.29, 1.82) is 0 Å². The Morgan fingerprint density at radius 1 is 0.917 bits per heavy atom. The maximum Gasteiger partial charge on any atom is 0.143 e. The number of benzene rings is 2. The van der Waals surface area contributed by atoms with E-state index in [9.17, 15) is 5.11 Å². The zero-order chi connectivity index (χ0) is 16.5. The SMILES string of the molecule is Oc1ccccc1-c1nc2ccccn2c1Nc1ccc(Br)cc1. The molecule has 4 aromatic rings. The highest BCUT2D eigenvalue weighted by atomic mass is 79.9. The molecule has 0 fully saturated rings. The number of phenolic OH excluding ortho intramolecular Hbond substituents is 1. The van der Waals surface area contributed by atoms with Crippen LogP contribution in [-0.2, 0) is 0 Å². The number of aromatic hydroxyl groups is 1. The van der Waals surface area contributed by atoms with Gasteiger partial charge in [0.05, 0.1) is 0 Å². The molecular weight excluding hydrogens is 366 g/mol.